The molecule has 194 valence electrons. The Kier molecular flexibility index (Phi) is 5.19. The van der Waals surface area contributed by atoms with Crippen molar-refractivity contribution in [3.63, 3.8) is 0 Å². The first-order chi connectivity index (χ1) is 19.0. The monoisotopic (exact) mass is 524 g/mol. The van der Waals surface area contributed by atoms with E-state index in [2.05, 4.69) is 0 Å². The van der Waals surface area contributed by atoms with E-state index in [1.54, 1.807) is 54.6 Å². The van der Waals surface area contributed by atoms with Crippen molar-refractivity contribution >= 4 is 28.8 Å². The van der Waals surface area contributed by atoms with E-state index in [9.17, 15) is 14.4 Å². The van der Waals surface area contributed by atoms with E-state index in [1.807, 2.05) is 0 Å². The topological polar surface area (TPSA) is 110 Å². The number of carbonyl (C=O) groups is 2. The Bertz CT molecular complexity index is 1800. The zero-order valence-electron chi connectivity index (χ0n) is 20.6. The van der Waals surface area contributed by atoms with Crippen LogP contribution in [0.15, 0.2) is 69.8 Å². The zero-order chi connectivity index (χ0) is 26.7. The minimum atomic E-state index is -0.746. The molecule has 4 heterocycles. The average Bonchev–Trinajstić information content (AvgIpc) is 3.27. The molecule has 3 aromatic carbocycles. The van der Waals surface area contributed by atoms with Gasteiger partial charge in [-0.15, -0.1) is 0 Å². The number of hydrogen-bond donors (Lipinski definition) is 0. The average molecular weight is 524 g/mol. The summed E-state index contributed by atoms with van der Waals surface area (Å²) < 4.78 is 33.8. The predicted molar refractivity (Wildman–Crippen MR) is 138 cm³/mol. The van der Waals surface area contributed by atoms with Gasteiger partial charge in [-0.25, -0.2) is 0 Å². The second kappa shape index (κ2) is 8.76. The van der Waals surface area contributed by atoms with E-state index in [0.717, 1.165) is 0 Å². The molecule has 0 bridgehead atoms. The molecule has 7 rings (SSSR count). The van der Waals surface area contributed by atoms with Crippen molar-refractivity contribution in [2.24, 2.45) is 0 Å². The number of allylic oxidation sites excluding steroid dienone is 1. The quantitative estimate of drug-likeness (QED) is 0.215. The van der Waals surface area contributed by atoms with Gasteiger partial charge in [-0.1, -0.05) is 6.07 Å². The molecule has 1 aromatic heterocycles. The van der Waals surface area contributed by atoms with Gasteiger partial charge in [-0.3, -0.25) is 14.4 Å². The van der Waals surface area contributed by atoms with Gasteiger partial charge in [0.25, 0.3) is 0 Å². The summed E-state index contributed by atoms with van der Waals surface area (Å²) >= 11 is 0. The van der Waals surface area contributed by atoms with Crippen molar-refractivity contribution in [3.05, 3.63) is 93.0 Å². The molecule has 0 saturated carbocycles. The number of benzene rings is 3. The Morgan fingerprint density at radius 3 is 2.56 bits per heavy atom. The van der Waals surface area contributed by atoms with Crippen LogP contribution in [0.4, 0.5) is 0 Å². The number of fused-ring (bicyclic) bond motifs is 5. The molecule has 1 atom stereocenters. The van der Waals surface area contributed by atoms with Gasteiger partial charge >= 0.3 is 5.97 Å². The van der Waals surface area contributed by atoms with Crippen LogP contribution in [0.5, 0.6) is 28.7 Å². The highest BCUT2D eigenvalue weighted by Gasteiger charge is 2.39. The minimum Gasteiger partial charge on any atom is -0.497 e. The van der Waals surface area contributed by atoms with Crippen LogP contribution < -0.4 is 29.1 Å². The smallest absolute Gasteiger partial charge is 0.312 e. The van der Waals surface area contributed by atoms with Crippen molar-refractivity contribution in [2.75, 3.05) is 20.3 Å². The summed E-state index contributed by atoms with van der Waals surface area (Å²) in [5.41, 5.74) is 1.78. The summed E-state index contributed by atoms with van der Waals surface area (Å²) in [6, 6.07) is 13.4. The van der Waals surface area contributed by atoms with Gasteiger partial charge in [0, 0.05) is 17.0 Å². The molecule has 0 unspecified atom stereocenters. The molecule has 4 aromatic rings. The summed E-state index contributed by atoms with van der Waals surface area (Å²) in [5.74, 6) is 0.725. The van der Waals surface area contributed by atoms with Crippen LogP contribution in [-0.4, -0.2) is 32.1 Å². The first-order valence-electron chi connectivity index (χ1n) is 12.3. The summed E-state index contributed by atoms with van der Waals surface area (Å²) in [7, 11) is 1.51. The van der Waals surface area contributed by atoms with E-state index in [4.69, 9.17) is 28.1 Å². The number of rotatable bonds is 3. The molecule has 9 nitrogen and oxygen atoms in total. The molecule has 0 N–H and O–H groups in total. The molecule has 0 spiro atoms. The van der Waals surface area contributed by atoms with Gasteiger partial charge in [0.1, 0.15) is 36.0 Å². The first-order valence-corrected chi connectivity index (χ1v) is 12.3. The van der Waals surface area contributed by atoms with Crippen LogP contribution in [0.3, 0.4) is 0 Å². The third-order valence-corrected chi connectivity index (χ3v) is 7.03. The standard InChI is InChI=1S/C30H20O9/c1-34-16-3-6-21-19(12-16)28(32)20(14-37-21)18-13-26(31)38-23-7-4-17-29(33)25(39-30(17)27(18)23)11-15-2-5-22-24(10-15)36-9-8-35-22/h2-7,10-12,14,18H,8-9,13H2,1H3/b25-11-/t18-/m1/s1. The fourth-order valence-corrected chi connectivity index (χ4v) is 5.17. The van der Waals surface area contributed by atoms with Crippen LogP contribution in [0, 0.1) is 0 Å². The third-order valence-electron chi connectivity index (χ3n) is 7.03. The Balaban J connectivity index is 1.33. The van der Waals surface area contributed by atoms with Gasteiger partial charge in [0.2, 0.25) is 5.78 Å². The number of ether oxygens (including phenoxy) is 5. The molecule has 0 aliphatic carbocycles. The van der Waals surface area contributed by atoms with Gasteiger partial charge in [0.15, 0.2) is 22.7 Å². The maximum Gasteiger partial charge on any atom is 0.312 e. The van der Waals surface area contributed by atoms with Crippen LogP contribution in [0.1, 0.15) is 39.4 Å². The van der Waals surface area contributed by atoms with Gasteiger partial charge < -0.3 is 28.1 Å². The number of hydrogen-bond acceptors (Lipinski definition) is 9. The Morgan fingerprint density at radius 1 is 0.897 bits per heavy atom. The molecule has 0 fully saturated rings. The van der Waals surface area contributed by atoms with Crippen LogP contribution in [0.25, 0.3) is 17.0 Å². The lowest BCUT2D eigenvalue weighted by molar-refractivity contribution is -0.135. The number of methoxy groups -OCH3 is 1. The number of esters is 1. The molecular formula is C30H20O9. The molecular weight excluding hydrogens is 504 g/mol. The van der Waals surface area contributed by atoms with Crippen LogP contribution >= 0.6 is 0 Å². The van der Waals surface area contributed by atoms with Crippen LogP contribution in [-0.2, 0) is 4.79 Å². The lowest BCUT2D eigenvalue weighted by atomic mass is 9.85. The normalized spacial score (nSPS) is 18.4. The Morgan fingerprint density at radius 2 is 1.72 bits per heavy atom. The van der Waals surface area contributed by atoms with Crippen LogP contribution in [0.2, 0.25) is 0 Å². The van der Waals surface area contributed by atoms with Crippen molar-refractivity contribution in [1.29, 1.82) is 0 Å². The fraction of sp³-hybridized carbons (Fsp3) is 0.167. The van der Waals surface area contributed by atoms with E-state index in [1.165, 1.54) is 13.4 Å². The third kappa shape index (κ3) is 3.73. The molecule has 0 saturated heterocycles. The molecule has 9 heteroatoms. The van der Waals surface area contributed by atoms with Gasteiger partial charge in [-0.05, 0) is 54.1 Å². The number of ketones is 1. The Hall–Kier alpha value is -5.05. The zero-order valence-corrected chi connectivity index (χ0v) is 20.6. The lowest BCUT2D eigenvalue weighted by Crippen LogP contribution is -2.25. The summed E-state index contributed by atoms with van der Waals surface area (Å²) in [6.07, 6.45) is 2.85. The van der Waals surface area contributed by atoms with E-state index >= 15 is 0 Å². The molecule has 0 amide bonds. The summed E-state index contributed by atoms with van der Waals surface area (Å²) in [6.45, 7) is 0.917. The highest BCUT2D eigenvalue weighted by Crippen LogP contribution is 2.48. The molecule has 3 aliphatic rings. The number of Topliss-reactive ketones (excluding diaryl/α,β-unsaturated/α-hetero) is 1. The maximum atomic E-state index is 13.6. The van der Waals surface area contributed by atoms with E-state index < -0.39 is 11.9 Å². The van der Waals surface area contributed by atoms with Gasteiger partial charge in [0.05, 0.1) is 30.7 Å². The number of carbonyl (C=O) groups excluding carboxylic acids is 2. The fourth-order valence-electron chi connectivity index (χ4n) is 5.17. The second-order valence-corrected chi connectivity index (χ2v) is 9.31. The van der Waals surface area contributed by atoms with E-state index in [-0.39, 0.29) is 40.5 Å². The molecule has 0 radical (unpaired) electrons. The largest absolute Gasteiger partial charge is 0.497 e. The Labute approximate surface area is 221 Å². The lowest BCUT2D eigenvalue weighted by Gasteiger charge is -2.25. The first kappa shape index (κ1) is 23.1. The minimum absolute atomic E-state index is 0.0982. The predicted octanol–water partition coefficient (Wildman–Crippen LogP) is 4.63. The molecule has 3 aliphatic heterocycles. The summed E-state index contributed by atoms with van der Waals surface area (Å²) in [4.78, 5) is 39.5. The molecule has 39 heavy (non-hydrogen) atoms. The summed E-state index contributed by atoms with van der Waals surface area (Å²) in [5, 5.41) is 0.316. The second-order valence-electron chi connectivity index (χ2n) is 9.31. The van der Waals surface area contributed by atoms with Crippen molar-refractivity contribution in [3.8, 4) is 28.7 Å². The SMILES string of the molecule is COc1ccc2occ([C@H]3CC(=O)Oc4ccc5c(c43)O/C(=C\c3ccc4c(c3)OCCO4)C5=O)c(=O)c2c1. The van der Waals surface area contributed by atoms with Crippen molar-refractivity contribution in [1.82, 2.24) is 0 Å². The maximum absolute atomic E-state index is 13.6. The van der Waals surface area contributed by atoms with Crippen molar-refractivity contribution in [2.45, 2.75) is 12.3 Å². The van der Waals surface area contributed by atoms with Crippen molar-refractivity contribution < 1.29 is 37.7 Å². The van der Waals surface area contributed by atoms with Gasteiger partial charge in [-0.2, -0.15) is 0 Å². The van der Waals surface area contributed by atoms with E-state index in [0.29, 0.717) is 58.1 Å². The highest BCUT2D eigenvalue weighted by molar-refractivity contribution is 6.15. The highest BCUT2D eigenvalue weighted by atomic mass is 16.6.